The summed E-state index contributed by atoms with van der Waals surface area (Å²) >= 11 is 0. The third-order valence-electron chi connectivity index (χ3n) is 2.95. The summed E-state index contributed by atoms with van der Waals surface area (Å²) < 4.78 is 6.27. The molecule has 1 rings (SSSR count). The normalized spacial score (nSPS) is 19.5. The van der Waals surface area contributed by atoms with E-state index in [1.165, 1.54) is 0 Å². The molecule has 2 nitrogen and oxygen atoms in total. The van der Waals surface area contributed by atoms with Gasteiger partial charge in [0.15, 0.2) is 0 Å². The number of allylic oxidation sites excluding steroid dienone is 3. The summed E-state index contributed by atoms with van der Waals surface area (Å²) in [5, 5.41) is 0. The lowest BCUT2D eigenvalue weighted by Crippen LogP contribution is -2.47. The van der Waals surface area contributed by atoms with E-state index >= 15 is 0 Å². The zero-order chi connectivity index (χ0) is 11.5. The van der Waals surface area contributed by atoms with Crippen LogP contribution in [0.5, 0.6) is 0 Å². The second kappa shape index (κ2) is 4.99. The minimum atomic E-state index is -1.64. The second-order valence-electron chi connectivity index (χ2n) is 5.07. The summed E-state index contributed by atoms with van der Waals surface area (Å²) in [4.78, 5) is 2.25. The molecule has 0 aliphatic heterocycles. The summed E-state index contributed by atoms with van der Waals surface area (Å²) in [6.45, 7) is 6.88. The molecule has 0 aromatic carbocycles. The van der Waals surface area contributed by atoms with Crippen molar-refractivity contribution in [3.63, 3.8) is 0 Å². The molecule has 0 aromatic heterocycles. The van der Waals surface area contributed by atoms with E-state index in [1.807, 2.05) is 0 Å². The van der Waals surface area contributed by atoms with E-state index in [0.717, 1.165) is 18.3 Å². The summed E-state index contributed by atoms with van der Waals surface area (Å²) in [6, 6.07) is 0. The van der Waals surface area contributed by atoms with Crippen LogP contribution in [0.15, 0.2) is 24.0 Å². The Balaban J connectivity index is 2.64. The number of nitrogens with zero attached hydrogens (tertiary/aromatic N) is 1. The molecule has 0 bridgehead atoms. The molecule has 0 amide bonds. The first-order valence-corrected chi connectivity index (χ1v) is 8.33. The number of hydrogen-bond donors (Lipinski definition) is 0. The van der Waals surface area contributed by atoms with Crippen LogP contribution < -0.4 is 0 Å². The van der Waals surface area contributed by atoms with E-state index in [4.69, 9.17) is 4.43 Å². The standard InChI is InChI=1S/C12H23NOSi/c1-11(2)15(5,10-13(3)4)14-12-8-6-7-9-12/h6-8,11H,9-10H2,1-5H3. The van der Waals surface area contributed by atoms with Gasteiger partial charge in [0, 0.05) is 12.6 Å². The van der Waals surface area contributed by atoms with Crippen LogP contribution in [0.1, 0.15) is 20.3 Å². The van der Waals surface area contributed by atoms with E-state index in [2.05, 4.69) is 57.6 Å². The number of rotatable bonds is 5. The van der Waals surface area contributed by atoms with Gasteiger partial charge >= 0.3 is 0 Å². The largest absolute Gasteiger partial charge is 0.545 e. The summed E-state index contributed by atoms with van der Waals surface area (Å²) in [5.74, 6) is 1.15. The Morgan fingerprint density at radius 2 is 2.13 bits per heavy atom. The molecule has 0 radical (unpaired) electrons. The predicted molar refractivity (Wildman–Crippen MR) is 68.2 cm³/mol. The highest BCUT2D eigenvalue weighted by atomic mass is 28.4. The SMILES string of the molecule is CC(C)[Si](C)(CN(C)C)OC1=CC=CC1. The van der Waals surface area contributed by atoms with Crippen LogP contribution in [0.2, 0.25) is 12.1 Å². The molecule has 0 fully saturated rings. The van der Waals surface area contributed by atoms with Gasteiger partial charge in [-0.25, -0.2) is 0 Å². The highest BCUT2D eigenvalue weighted by molar-refractivity contribution is 6.74. The lowest BCUT2D eigenvalue weighted by molar-refractivity contribution is 0.356. The molecule has 15 heavy (non-hydrogen) atoms. The van der Waals surface area contributed by atoms with Gasteiger partial charge < -0.3 is 9.33 Å². The molecule has 1 aliphatic carbocycles. The van der Waals surface area contributed by atoms with Gasteiger partial charge in [-0.2, -0.15) is 0 Å². The highest BCUT2D eigenvalue weighted by Gasteiger charge is 2.36. The first-order valence-electron chi connectivity index (χ1n) is 5.63. The second-order valence-corrected chi connectivity index (χ2v) is 9.37. The van der Waals surface area contributed by atoms with Crippen molar-refractivity contribution in [2.45, 2.75) is 32.4 Å². The Morgan fingerprint density at radius 3 is 2.53 bits per heavy atom. The predicted octanol–water partition coefficient (Wildman–Crippen LogP) is 2.93. The molecule has 0 aromatic rings. The average molecular weight is 225 g/mol. The number of hydrogen-bond acceptors (Lipinski definition) is 2. The quantitative estimate of drug-likeness (QED) is 0.667. The average Bonchev–Trinajstić information content (AvgIpc) is 2.54. The van der Waals surface area contributed by atoms with Gasteiger partial charge in [0.25, 0.3) is 8.32 Å². The molecule has 1 unspecified atom stereocenters. The van der Waals surface area contributed by atoms with Crippen LogP contribution in [0, 0.1) is 0 Å². The third kappa shape index (κ3) is 3.50. The Morgan fingerprint density at radius 1 is 1.47 bits per heavy atom. The van der Waals surface area contributed by atoms with Crippen molar-refractivity contribution in [3.05, 3.63) is 24.0 Å². The van der Waals surface area contributed by atoms with Crippen LogP contribution in [0.3, 0.4) is 0 Å². The van der Waals surface area contributed by atoms with Crippen molar-refractivity contribution in [1.29, 1.82) is 0 Å². The van der Waals surface area contributed by atoms with Gasteiger partial charge in [0.2, 0.25) is 0 Å². The molecule has 0 N–H and O–H groups in total. The molecule has 0 heterocycles. The Labute approximate surface area is 94.7 Å². The smallest absolute Gasteiger partial charge is 0.263 e. The van der Waals surface area contributed by atoms with Gasteiger partial charge in [-0.15, -0.1) is 0 Å². The molecule has 3 heteroatoms. The van der Waals surface area contributed by atoms with E-state index in [0.29, 0.717) is 5.54 Å². The Kier molecular flexibility index (Phi) is 4.17. The maximum Gasteiger partial charge on any atom is 0.263 e. The molecule has 0 spiro atoms. The zero-order valence-corrected chi connectivity index (χ0v) is 11.6. The first kappa shape index (κ1) is 12.5. The van der Waals surface area contributed by atoms with Gasteiger partial charge in [0.05, 0.1) is 5.76 Å². The minimum absolute atomic E-state index is 0.640. The van der Waals surface area contributed by atoms with Gasteiger partial charge in [0.1, 0.15) is 0 Å². The van der Waals surface area contributed by atoms with Gasteiger partial charge in [-0.1, -0.05) is 26.0 Å². The fourth-order valence-electron chi connectivity index (χ4n) is 1.76. The molecule has 1 aliphatic rings. The third-order valence-corrected chi connectivity index (χ3v) is 7.38. The monoisotopic (exact) mass is 225 g/mol. The van der Waals surface area contributed by atoms with E-state index in [-0.39, 0.29) is 0 Å². The van der Waals surface area contributed by atoms with Crippen molar-refractivity contribution in [1.82, 2.24) is 4.90 Å². The summed E-state index contributed by atoms with van der Waals surface area (Å²) in [5.41, 5.74) is 0.640. The zero-order valence-electron chi connectivity index (χ0n) is 10.6. The van der Waals surface area contributed by atoms with E-state index < -0.39 is 8.32 Å². The minimum Gasteiger partial charge on any atom is -0.545 e. The van der Waals surface area contributed by atoms with Crippen molar-refractivity contribution in [3.8, 4) is 0 Å². The van der Waals surface area contributed by atoms with Crippen LogP contribution in [0.25, 0.3) is 0 Å². The van der Waals surface area contributed by atoms with Gasteiger partial charge in [-0.05, 0) is 32.3 Å². The maximum absolute atomic E-state index is 6.27. The Bertz CT molecular complexity index is 271. The lowest BCUT2D eigenvalue weighted by atomic mass is 10.4. The summed E-state index contributed by atoms with van der Waals surface area (Å²) in [6.07, 6.45) is 8.40. The molecular formula is C12H23NOSi. The molecule has 1 atom stereocenters. The van der Waals surface area contributed by atoms with Crippen LogP contribution in [-0.4, -0.2) is 33.5 Å². The molecular weight excluding hydrogens is 202 g/mol. The molecule has 0 saturated carbocycles. The summed E-state index contributed by atoms with van der Waals surface area (Å²) in [7, 11) is 2.61. The molecule has 0 saturated heterocycles. The fraction of sp³-hybridized carbons (Fsp3) is 0.667. The van der Waals surface area contributed by atoms with Crippen molar-refractivity contribution < 1.29 is 4.43 Å². The van der Waals surface area contributed by atoms with E-state index in [1.54, 1.807) is 0 Å². The fourth-order valence-corrected chi connectivity index (χ4v) is 4.43. The van der Waals surface area contributed by atoms with Crippen LogP contribution in [0.4, 0.5) is 0 Å². The highest BCUT2D eigenvalue weighted by Crippen LogP contribution is 2.27. The van der Waals surface area contributed by atoms with E-state index in [9.17, 15) is 0 Å². The first-order chi connectivity index (χ1) is 6.94. The maximum atomic E-state index is 6.27. The lowest BCUT2D eigenvalue weighted by Gasteiger charge is -2.34. The van der Waals surface area contributed by atoms with Crippen LogP contribution >= 0.6 is 0 Å². The van der Waals surface area contributed by atoms with Crippen molar-refractivity contribution in [2.24, 2.45) is 0 Å². The topological polar surface area (TPSA) is 12.5 Å². The van der Waals surface area contributed by atoms with Crippen molar-refractivity contribution in [2.75, 3.05) is 20.3 Å². The van der Waals surface area contributed by atoms with Gasteiger partial charge in [-0.3, -0.25) is 0 Å². The molecule has 86 valence electrons. The van der Waals surface area contributed by atoms with Crippen LogP contribution in [-0.2, 0) is 4.43 Å². The Hall–Kier alpha value is -0.543. The van der Waals surface area contributed by atoms with Crippen molar-refractivity contribution >= 4 is 8.32 Å².